The number of hydrogen-bond donors (Lipinski definition) is 1. The van der Waals surface area contributed by atoms with Crippen LogP contribution < -0.4 is 5.32 Å². The van der Waals surface area contributed by atoms with Crippen molar-refractivity contribution in [1.29, 1.82) is 0 Å². The van der Waals surface area contributed by atoms with Crippen LogP contribution in [0.3, 0.4) is 0 Å². The molecule has 1 aliphatic carbocycles. The molecule has 1 N–H and O–H groups in total. The van der Waals surface area contributed by atoms with Gasteiger partial charge in [-0.1, -0.05) is 13.0 Å². The maximum absolute atomic E-state index is 4.12. The van der Waals surface area contributed by atoms with Crippen molar-refractivity contribution in [3.8, 4) is 0 Å². The molecular weight excluding hydrogens is 184 g/mol. The Hall–Kier alpha value is -0.890. The van der Waals surface area contributed by atoms with E-state index in [9.17, 15) is 0 Å². The summed E-state index contributed by atoms with van der Waals surface area (Å²) in [6.07, 6.45) is 9.20. The second kappa shape index (κ2) is 5.26. The molecule has 0 atom stereocenters. The van der Waals surface area contributed by atoms with Crippen LogP contribution >= 0.6 is 0 Å². The molecule has 0 unspecified atom stereocenters. The minimum Gasteiger partial charge on any atom is -0.310 e. The van der Waals surface area contributed by atoms with E-state index in [4.69, 9.17) is 0 Å². The molecule has 2 nitrogen and oxygen atoms in total. The number of aromatic nitrogens is 1. The lowest BCUT2D eigenvalue weighted by Gasteiger charge is -2.27. The van der Waals surface area contributed by atoms with E-state index in [1.54, 1.807) is 0 Å². The van der Waals surface area contributed by atoms with Gasteiger partial charge in [-0.05, 0) is 43.2 Å². The van der Waals surface area contributed by atoms with Gasteiger partial charge >= 0.3 is 0 Å². The molecule has 82 valence electrons. The smallest absolute Gasteiger partial charge is 0.0312 e. The van der Waals surface area contributed by atoms with Crippen LogP contribution in [0.4, 0.5) is 0 Å². The van der Waals surface area contributed by atoms with Gasteiger partial charge in [-0.3, -0.25) is 4.98 Å². The van der Waals surface area contributed by atoms with E-state index in [0.29, 0.717) is 0 Å². The van der Waals surface area contributed by atoms with Crippen molar-refractivity contribution < 1.29 is 0 Å². The number of hydrogen-bond acceptors (Lipinski definition) is 2. The molecule has 0 radical (unpaired) electrons. The third kappa shape index (κ3) is 3.31. The largest absolute Gasteiger partial charge is 0.310 e. The zero-order valence-corrected chi connectivity index (χ0v) is 9.45. The van der Waals surface area contributed by atoms with Crippen molar-refractivity contribution >= 4 is 0 Å². The van der Waals surface area contributed by atoms with Gasteiger partial charge in [0.05, 0.1) is 0 Å². The molecule has 2 rings (SSSR count). The summed E-state index contributed by atoms with van der Waals surface area (Å²) in [5, 5.41) is 3.62. The zero-order chi connectivity index (χ0) is 10.5. The van der Waals surface area contributed by atoms with E-state index in [0.717, 1.165) is 18.5 Å². The highest BCUT2D eigenvalue weighted by molar-refractivity contribution is 5.08. The summed E-state index contributed by atoms with van der Waals surface area (Å²) in [7, 11) is 0. The molecule has 1 heterocycles. The van der Waals surface area contributed by atoms with E-state index < -0.39 is 0 Å². The highest BCUT2D eigenvalue weighted by atomic mass is 14.9. The fourth-order valence-corrected chi connectivity index (χ4v) is 2.23. The predicted molar refractivity (Wildman–Crippen MR) is 62.5 cm³/mol. The Kier molecular flexibility index (Phi) is 3.73. The fraction of sp³-hybridized carbons (Fsp3) is 0.615. The molecule has 1 aromatic heterocycles. The molecule has 1 fully saturated rings. The van der Waals surface area contributed by atoms with E-state index in [2.05, 4.69) is 23.3 Å². The van der Waals surface area contributed by atoms with Crippen LogP contribution in [0.5, 0.6) is 0 Å². The van der Waals surface area contributed by atoms with Gasteiger partial charge < -0.3 is 5.32 Å². The van der Waals surface area contributed by atoms with Crippen molar-refractivity contribution in [1.82, 2.24) is 10.3 Å². The maximum Gasteiger partial charge on any atom is 0.0312 e. The topological polar surface area (TPSA) is 24.9 Å². The normalized spacial score (nSPS) is 26.5. The van der Waals surface area contributed by atoms with Crippen molar-refractivity contribution in [3.05, 3.63) is 30.1 Å². The summed E-state index contributed by atoms with van der Waals surface area (Å²) in [6.45, 7) is 3.32. The highest BCUT2D eigenvalue weighted by Gasteiger charge is 2.17. The second-order valence-electron chi connectivity index (χ2n) is 4.70. The van der Waals surface area contributed by atoms with Crippen molar-refractivity contribution in [3.63, 3.8) is 0 Å². The lowest BCUT2D eigenvalue weighted by atomic mass is 9.87. The molecule has 0 aromatic carbocycles. The molecular formula is C13H20N2. The summed E-state index contributed by atoms with van der Waals surface area (Å²) >= 11 is 0. The van der Waals surface area contributed by atoms with Gasteiger partial charge in [-0.2, -0.15) is 0 Å². The lowest BCUT2D eigenvalue weighted by molar-refractivity contribution is 0.306. The molecule has 15 heavy (non-hydrogen) atoms. The SMILES string of the molecule is C[C@H]1CC[C@H](NCc2cccnc2)CC1. The molecule has 0 amide bonds. The summed E-state index contributed by atoms with van der Waals surface area (Å²) in [5.74, 6) is 0.932. The molecule has 0 saturated heterocycles. The molecule has 1 saturated carbocycles. The standard InChI is InChI=1S/C13H20N2/c1-11-4-6-13(7-5-11)15-10-12-3-2-8-14-9-12/h2-3,8-9,11,13,15H,4-7,10H2,1H3/t11-,13-. The van der Waals surface area contributed by atoms with Gasteiger partial charge in [0.25, 0.3) is 0 Å². The summed E-state index contributed by atoms with van der Waals surface area (Å²) < 4.78 is 0. The molecule has 2 heteroatoms. The third-order valence-electron chi connectivity index (χ3n) is 3.33. The van der Waals surface area contributed by atoms with Crippen molar-refractivity contribution in [2.24, 2.45) is 5.92 Å². The van der Waals surface area contributed by atoms with Gasteiger partial charge in [0, 0.05) is 25.0 Å². The summed E-state index contributed by atoms with van der Waals surface area (Å²) in [5.41, 5.74) is 1.29. The number of pyridine rings is 1. The van der Waals surface area contributed by atoms with Gasteiger partial charge in [-0.15, -0.1) is 0 Å². The minimum atomic E-state index is 0.724. The van der Waals surface area contributed by atoms with Crippen LogP contribution in [-0.2, 0) is 6.54 Å². The lowest BCUT2D eigenvalue weighted by Crippen LogP contribution is -2.32. The Morgan fingerprint density at radius 3 is 2.80 bits per heavy atom. The Bertz CT molecular complexity index is 276. The Morgan fingerprint density at radius 1 is 1.33 bits per heavy atom. The first-order valence-electron chi connectivity index (χ1n) is 5.97. The minimum absolute atomic E-state index is 0.724. The summed E-state index contributed by atoms with van der Waals surface area (Å²) in [6, 6.07) is 4.85. The Labute approximate surface area is 92.1 Å². The van der Waals surface area contributed by atoms with Crippen LogP contribution in [0.1, 0.15) is 38.2 Å². The average molecular weight is 204 g/mol. The van der Waals surface area contributed by atoms with Crippen molar-refractivity contribution in [2.75, 3.05) is 0 Å². The van der Waals surface area contributed by atoms with Crippen LogP contribution in [0.2, 0.25) is 0 Å². The Balaban J connectivity index is 1.74. The fourth-order valence-electron chi connectivity index (χ4n) is 2.23. The number of nitrogens with one attached hydrogen (secondary N) is 1. The quantitative estimate of drug-likeness (QED) is 0.819. The summed E-state index contributed by atoms with van der Waals surface area (Å²) in [4.78, 5) is 4.12. The van der Waals surface area contributed by atoms with Gasteiger partial charge in [0.2, 0.25) is 0 Å². The highest BCUT2D eigenvalue weighted by Crippen LogP contribution is 2.23. The van der Waals surface area contributed by atoms with Crippen LogP contribution in [-0.4, -0.2) is 11.0 Å². The predicted octanol–water partition coefficient (Wildman–Crippen LogP) is 2.75. The molecule has 0 aliphatic heterocycles. The van der Waals surface area contributed by atoms with Gasteiger partial charge in [-0.25, -0.2) is 0 Å². The van der Waals surface area contributed by atoms with Crippen LogP contribution in [0.25, 0.3) is 0 Å². The van der Waals surface area contributed by atoms with E-state index in [1.807, 2.05) is 18.5 Å². The molecule has 1 aromatic rings. The number of rotatable bonds is 3. The van der Waals surface area contributed by atoms with E-state index in [1.165, 1.54) is 31.2 Å². The molecule has 0 bridgehead atoms. The molecule has 1 aliphatic rings. The Morgan fingerprint density at radius 2 is 2.13 bits per heavy atom. The van der Waals surface area contributed by atoms with E-state index >= 15 is 0 Å². The van der Waals surface area contributed by atoms with Crippen molar-refractivity contribution in [2.45, 2.75) is 45.2 Å². The van der Waals surface area contributed by atoms with Gasteiger partial charge in [0.1, 0.15) is 0 Å². The van der Waals surface area contributed by atoms with Crippen LogP contribution in [0, 0.1) is 5.92 Å². The first-order chi connectivity index (χ1) is 7.34. The van der Waals surface area contributed by atoms with E-state index in [-0.39, 0.29) is 0 Å². The maximum atomic E-state index is 4.12. The first-order valence-corrected chi connectivity index (χ1v) is 5.97. The van der Waals surface area contributed by atoms with Crippen LogP contribution in [0.15, 0.2) is 24.5 Å². The average Bonchev–Trinajstić information content (AvgIpc) is 2.30. The monoisotopic (exact) mass is 204 g/mol. The van der Waals surface area contributed by atoms with Gasteiger partial charge in [0.15, 0.2) is 0 Å². The number of nitrogens with zero attached hydrogens (tertiary/aromatic N) is 1. The molecule has 0 spiro atoms. The third-order valence-corrected chi connectivity index (χ3v) is 3.33. The second-order valence-corrected chi connectivity index (χ2v) is 4.70. The first kappa shape index (κ1) is 10.6. The zero-order valence-electron chi connectivity index (χ0n) is 9.45.